The first-order valence-electron chi connectivity index (χ1n) is 5.33. The van der Waals surface area contributed by atoms with E-state index in [1.54, 1.807) is 6.08 Å². The first-order chi connectivity index (χ1) is 8.38. The molecule has 0 amide bonds. The van der Waals surface area contributed by atoms with Crippen molar-refractivity contribution in [3.63, 3.8) is 0 Å². The Kier molecular flexibility index (Phi) is 2.22. The van der Waals surface area contributed by atoms with Crippen molar-refractivity contribution >= 4 is 16.8 Å². The first-order valence-corrected chi connectivity index (χ1v) is 5.33. The molecule has 0 atom stereocenters. The minimum absolute atomic E-state index is 0.438. The third-order valence-corrected chi connectivity index (χ3v) is 2.65. The summed E-state index contributed by atoms with van der Waals surface area (Å²) in [5, 5.41) is 6.23. The summed E-state index contributed by atoms with van der Waals surface area (Å²) in [5.41, 5.74) is 0.972. The molecule has 3 aromatic rings. The van der Waals surface area contributed by atoms with Gasteiger partial charge in [-0.2, -0.15) is 4.98 Å². The molecule has 0 bridgehead atoms. The zero-order valence-electron chi connectivity index (χ0n) is 9.13. The van der Waals surface area contributed by atoms with Gasteiger partial charge < -0.3 is 4.52 Å². The fourth-order valence-corrected chi connectivity index (χ4v) is 1.85. The largest absolute Gasteiger partial charge is 0.334 e. The molecule has 0 saturated heterocycles. The maximum atomic E-state index is 5.04. The zero-order valence-corrected chi connectivity index (χ0v) is 9.13. The van der Waals surface area contributed by atoms with Crippen LogP contribution < -0.4 is 0 Å². The van der Waals surface area contributed by atoms with E-state index in [0.29, 0.717) is 11.7 Å². The van der Waals surface area contributed by atoms with Crippen molar-refractivity contribution in [1.29, 1.82) is 0 Å². The monoisotopic (exact) mass is 222 g/mol. The summed E-state index contributed by atoms with van der Waals surface area (Å²) < 4.78 is 5.04. The fraction of sp³-hybridized carbons (Fsp3) is 0. The zero-order chi connectivity index (χ0) is 11.7. The summed E-state index contributed by atoms with van der Waals surface area (Å²) in [6.45, 7) is 3.60. The molecule has 82 valence electrons. The van der Waals surface area contributed by atoms with Crippen molar-refractivity contribution in [2.75, 3.05) is 0 Å². The molecule has 3 rings (SSSR count). The lowest BCUT2D eigenvalue weighted by atomic mass is 10.0. The van der Waals surface area contributed by atoms with E-state index in [1.165, 1.54) is 0 Å². The van der Waals surface area contributed by atoms with Gasteiger partial charge in [-0.15, -0.1) is 0 Å². The van der Waals surface area contributed by atoms with E-state index in [9.17, 15) is 0 Å². The second-order valence-corrected chi connectivity index (χ2v) is 3.69. The molecule has 1 heterocycles. The van der Waals surface area contributed by atoms with Crippen LogP contribution >= 0.6 is 0 Å². The van der Waals surface area contributed by atoms with Gasteiger partial charge in [-0.05, 0) is 16.8 Å². The van der Waals surface area contributed by atoms with Crippen LogP contribution in [0.4, 0.5) is 0 Å². The molecule has 2 aromatic carbocycles. The van der Waals surface area contributed by atoms with E-state index >= 15 is 0 Å². The van der Waals surface area contributed by atoms with Gasteiger partial charge in [0.15, 0.2) is 0 Å². The molecular formula is C14H10N2O. The average Bonchev–Trinajstić information content (AvgIpc) is 2.87. The Bertz CT molecular complexity index is 680. The summed E-state index contributed by atoms with van der Waals surface area (Å²) in [5.74, 6) is 1.03. The summed E-state index contributed by atoms with van der Waals surface area (Å²) in [6.07, 6.45) is 1.54. The molecule has 0 N–H and O–H groups in total. The van der Waals surface area contributed by atoms with Crippen LogP contribution in [0.5, 0.6) is 0 Å². The molecule has 17 heavy (non-hydrogen) atoms. The van der Waals surface area contributed by atoms with Crippen molar-refractivity contribution in [2.45, 2.75) is 0 Å². The third-order valence-electron chi connectivity index (χ3n) is 2.65. The van der Waals surface area contributed by atoms with Crippen molar-refractivity contribution in [2.24, 2.45) is 0 Å². The molecule has 3 heteroatoms. The molecule has 0 radical (unpaired) electrons. The Morgan fingerprint density at radius 2 is 1.88 bits per heavy atom. The molecule has 3 nitrogen and oxygen atoms in total. The van der Waals surface area contributed by atoms with Gasteiger partial charge in [-0.25, -0.2) is 0 Å². The van der Waals surface area contributed by atoms with E-state index in [2.05, 4.69) is 34.9 Å². The van der Waals surface area contributed by atoms with Gasteiger partial charge in [0.05, 0.1) is 0 Å². The average molecular weight is 222 g/mol. The molecule has 0 aliphatic rings. The topological polar surface area (TPSA) is 38.9 Å². The highest BCUT2D eigenvalue weighted by Crippen LogP contribution is 2.26. The normalized spacial score (nSPS) is 10.6. The van der Waals surface area contributed by atoms with Crippen LogP contribution in [-0.2, 0) is 0 Å². The van der Waals surface area contributed by atoms with Crippen LogP contribution in [-0.4, -0.2) is 10.1 Å². The number of nitrogens with zero attached hydrogens (tertiary/aromatic N) is 2. The molecule has 0 saturated carbocycles. The summed E-state index contributed by atoms with van der Waals surface area (Å²) >= 11 is 0. The van der Waals surface area contributed by atoms with Gasteiger partial charge in [0.2, 0.25) is 11.7 Å². The smallest absolute Gasteiger partial charge is 0.250 e. The molecule has 0 spiro atoms. The summed E-state index contributed by atoms with van der Waals surface area (Å²) in [6, 6.07) is 14.2. The standard InChI is InChI=1S/C14H10N2O/c1-2-13-15-14(16-17-13)12-9-5-7-10-6-3-4-8-11(10)12/h2-9H,1H2. The van der Waals surface area contributed by atoms with Crippen LogP contribution in [0.1, 0.15) is 5.89 Å². The summed E-state index contributed by atoms with van der Waals surface area (Å²) in [7, 11) is 0. The maximum absolute atomic E-state index is 5.04. The number of fused-ring (bicyclic) bond motifs is 1. The Balaban J connectivity index is 2.26. The van der Waals surface area contributed by atoms with Crippen LogP contribution in [0, 0.1) is 0 Å². The molecule has 0 unspecified atom stereocenters. The van der Waals surface area contributed by atoms with Gasteiger partial charge in [0.1, 0.15) is 0 Å². The third kappa shape index (κ3) is 1.61. The number of benzene rings is 2. The second kappa shape index (κ2) is 3.87. The first kappa shape index (κ1) is 9.78. The van der Waals surface area contributed by atoms with Gasteiger partial charge in [0, 0.05) is 5.56 Å². The Labute approximate surface area is 98.4 Å². The predicted molar refractivity (Wildman–Crippen MR) is 67.3 cm³/mol. The Morgan fingerprint density at radius 3 is 2.71 bits per heavy atom. The van der Waals surface area contributed by atoms with Crippen molar-refractivity contribution in [3.05, 3.63) is 54.9 Å². The lowest BCUT2D eigenvalue weighted by Gasteiger charge is -2.01. The van der Waals surface area contributed by atoms with Crippen molar-refractivity contribution in [1.82, 2.24) is 10.1 Å². The molecule has 0 aliphatic heterocycles. The lowest BCUT2D eigenvalue weighted by molar-refractivity contribution is 0.411. The summed E-state index contributed by atoms with van der Waals surface area (Å²) in [4.78, 5) is 4.25. The van der Waals surface area contributed by atoms with Crippen molar-refractivity contribution < 1.29 is 4.52 Å². The van der Waals surface area contributed by atoms with Gasteiger partial charge in [-0.1, -0.05) is 54.2 Å². The lowest BCUT2D eigenvalue weighted by Crippen LogP contribution is -1.83. The van der Waals surface area contributed by atoms with E-state index in [4.69, 9.17) is 4.52 Å². The Hall–Kier alpha value is -2.42. The van der Waals surface area contributed by atoms with Crippen LogP contribution in [0.25, 0.3) is 28.2 Å². The second-order valence-electron chi connectivity index (χ2n) is 3.69. The predicted octanol–water partition coefficient (Wildman–Crippen LogP) is 3.53. The van der Waals surface area contributed by atoms with Crippen LogP contribution in [0.15, 0.2) is 53.6 Å². The number of hydrogen-bond acceptors (Lipinski definition) is 3. The molecular weight excluding hydrogens is 212 g/mol. The highest BCUT2D eigenvalue weighted by atomic mass is 16.5. The Morgan fingerprint density at radius 1 is 1.06 bits per heavy atom. The highest BCUT2D eigenvalue weighted by Gasteiger charge is 2.09. The maximum Gasteiger partial charge on any atom is 0.250 e. The SMILES string of the molecule is C=Cc1nc(-c2cccc3ccccc23)no1. The van der Waals surface area contributed by atoms with E-state index < -0.39 is 0 Å². The minimum atomic E-state index is 0.438. The number of aromatic nitrogens is 2. The van der Waals surface area contributed by atoms with Crippen LogP contribution in [0.2, 0.25) is 0 Å². The molecule has 1 aromatic heterocycles. The molecule has 0 fully saturated rings. The minimum Gasteiger partial charge on any atom is -0.334 e. The fourth-order valence-electron chi connectivity index (χ4n) is 1.85. The quantitative estimate of drug-likeness (QED) is 0.665. The van der Waals surface area contributed by atoms with Crippen molar-refractivity contribution in [3.8, 4) is 11.4 Å². The van der Waals surface area contributed by atoms with E-state index in [-0.39, 0.29) is 0 Å². The molecule has 0 aliphatic carbocycles. The van der Waals surface area contributed by atoms with Gasteiger partial charge in [0.25, 0.3) is 0 Å². The highest BCUT2D eigenvalue weighted by molar-refractivity contribution is 5.94. The number of rotatable bonds is 2. The van der Waals surface area contributed by atoms with Gasteiger partial charge in [-0.3, -0.25) is 0 Å². The van der Waals surface area contributed by atoms with E-state index in [0.717, 1.165) is 16.3 Å². The number of hydrogen-bond donors (Lipinski definition) is 0. The van der Waals surface area contributed by atoms with Gasteiger partial charge >= 0.3 is 0 Å². The van der Waals surface area contributed by atoms with Crippen LogP contribution in [0.3, 0.4) is 0 Å². The van der Waals surface area contributed by atoms with E-state index in [1.807, 2.05) is 24.3 Å².